The number of anilines is 1. The number of ether oxygens (including phenoxy) is 1. The summed E-state index contributed by atoms with van der Waals surface area (Å²) in [6.45, 7) is 4.25. The zero-order valence-electron chi connectivity index (χ0n) is 9.76. The Morgan fingerprint density at radius 3 is 3.24 bits per heavy atom. The van der Waals surface area contributed by atoms with Crippen LogP contribution in [-0.4, -0.2) is 40.1 Å². The molecule has 2 heterocycles. The van der Waals surface area contributed by atoms with Gasteiger partial charge in [0.2, 0.25) is 5.13 Å². The lowest BCUT2D eigenvalue weighted by molar-refractivity contribution is 0.0847. The van der Waals surface area contributed by atoms with E-state index in [0.29, 0.717) is 18.1 Å². The summed E-state index contributed by atoms with van der Waals surface area (Å²) in [4.78, 5) is 7.06. The Balaban J connectivity index is 2.02. The number of aryl methyl sites for hydroxylation is 1. The van der Waals surface area contributed by atoms with Gasteiger partial charge < -0.3 is 15.4 Å². The molecule has 0 bridgehead atoms. The van der Waals surface area contributed by atoms with Gasteiger partial charge in [-0.15, -0.1) is 0 Å². The van der Waals surface area contributed by atoms with Gasteiger partial charge in [-0.1, -0.05) is 19.1 Å². The largest absolute Gasteiger partial charge is 0.391 e. The number of hydrogen-bond donors (Lipinski definition) is 1. The van der Waals surface area contributed by atoms with Crippen LogP contribution in [0, 0.1) is 0 Å². The predicted molar refractivity (Wildman–Crippen MR) is 72.6 cm³/mol. The van der Waals surface area contributed by atoms with Crippen molar-refractivity contribution in [2.75, 3.05) is 24.6 Å². The Bertz CT molecular complexity index is 395. The van der Waals surface area contributed by atoms with E-state index in [1.54, 1.807) is 0 Å². The average molecular weight is 272 g/mol. The normalized spacial score (nSPS) is 20.5. The molecule has 1 aliphatic rings. The third kappa shape index (κ3) is 3.11. The molecular weight excluding hydrogens is 256 g/mol. The Kier molecular flexibility index (Phi) is 4.25. The van der Waals surface area contributed by atoms with E-state index in [0.717, 1.165) is 30.3 Å². The van der Waals surface area contributed by atoms with Gasteiger partial charge in [-0.25, -0.2) is 4.98 Å². The molecule has 2 rings (SSSR count). The predicted octanol–water partition coefficient (Wildman–Crippen LogP) is 0.982. The number of hydrogen-bond acceptors (Lipinski definition) is 6. The fourth-order valence-electron chi connectivity index (χ4n) is 1.69. The smallest absolute Gasteiger partial charge is 0.205 e. The SMILES string of the molecule is CCCc1nsc(N2CCOC(C(N)=S)C2)n1. The Morgan fingerprint density at radius 1 is 1.71 bits per heavy atom. The van der Waals surface area contributed by atoms with E-state index >= 15 is 0 Å². The van der Waals surface area contributed by atoms with Gasteiger partial charge >= 0.3 is 0 Å². The van der Waals surface area contributed by atoms with Crippen molar-refractivity contribution in [3.8, 4) is 0 Å². The van der Waals surface area contributed by atoms with Gasteiger partial charge in [0.05, 0.1) is 13.2 Å². The maximum absolute atomic E-state index is 5.61. The molecule has 0 amide bonds. The summed E-state index contributed by atoms with van der Waals surface area (Å²) in [5.41, 5.74) is 5.61. The second kappa shape index (κ2) is 5.70. The van der Waals surface area contributed by atoms with Crippen molar-refractivity contribution in [2.24, 2.45) is 5.73 Å². The van der Waals surface area contributed by atoms with Crippen molar-refractivity contribution in [3.05, 3.63) is 5.82 Å². The topological polar surface area (TPSA) is 64.3 Å². The summed E-state index contributed by atoms with van der Waals surface area (Å²) in [6.07, 6.45) is 1.83. The third-order valence-corrected chi connectivity index (χ3v) is 3.66. The summed E-state index contributed by atoms with van der Waals surface area (Å²) >= 11 is 6.39. The van der Waals surface area contributed by atoms with Crippen molar-refractivity contribution >= 4 is 33.9 Å². The van der Waals surface area contributed by atoms with Crippen molar-refractivity contribution in [1.29, 1.82) is 0 Å². The fourth-order valence-corrected chi connectivity index (χ4v) is 2.58. The van der Waals surface area contributed by atoms with Crippen LogP contribution in [-0.2, 0) is 11.2 Å². The first kappa shape index (κ1) is 12.7. The van der Waals surface area contributed by atoms with Crippen molar-refractivity contribution in [1.82, 2.24) is 9.36 Å². The molecule has 1 unspecified atom stereocenters. The van der Waals surface area contributed by atoms with Gasteiger partial charge in [0.15, 0.2) is 0 Å². The fraction of sp³-hybridized carbons (Fsp3) is 0.700. The first-order chi connectivity index (χ1) is 8.20. The van der Waals surface area contributed by atoms with E-state index in [9.17, 15) is 0 Å². The zero-order valence-corrected chi connectivity index (χ0v) is 11.4. The highest BCUT2D eigenvalue weighted by molar-refractivity contribution is 7.80. The summed E-state index contributed by atoms with van der Waals surface area (Å²) in [7, 11) is 0. The van der Waals surface area contributed by atoms with Crippen LogP contribution >= 0.6 is 23.8 Å². The molecule has 1 atom stereocenters. The molecule has 1 aliphatic heterocycles. The summed E-state index contributed by atoms with van der Waals surface area (Å²) < 4.78 is 9.83. The monoisotopic (exact) mass is 272 g/mol. The summed E-state index contributed by atoms with van der Waals surface area (Å²) in [6, 6.07) is 0. The first-order valence-corrected chi connectivity index (χ1v) is 6.87. The number of aromatic nitrogens is 2. The zero-order chi connectivity index (χ0) is 12.3. The summed E-state index contributed by atoms with van der Waals surface area (Å²) in [5, 5.41) is 0.943. The molecule has 0 spiro atoms. The molecule has 94 valence electrons. The molecular formula is C10H16N4OS2. The highest BCUT2D eigenvalue weighted by atomic mass is 32.1. The highest BCUT2D eigenvalue weighted by Gasteiger charge is 2.24. The quantitative estimate of drug-likeness (QED) is 0.824. The molecule has 1 fully saturated rings. The van der Waals surface area contributed by atoms with Crippen LogP contribution in [0.1, 0.15) is 19.2 Å². The van der Waals surface area contributed by atoms with E-state index in [2.05, 4.69) is 21.2 Å². The molecule has 17 heavy (non-hydrogen) atoms. The van der Waals surface area contributed by atoms with Crippen LogP contribution in [0.2, 0.25) is 0 Å². The van der Waals surface area contributed by atoms with Gasteiger partial charge in [-0.05, 0) is 6.42 Å². The Morgan fingerprint density at radius 2 is 2.53 bits per heavy atom. The van der Waals surface area contributed by atoms with E-state index in [4.69, 9.17) is 22.7 Å². The van der Waals surface area contributed by atoms with Gasteiger partial charge in [0.1, 0.15) is 16.9 Å². The molecule has 1 saturated heterocycles. The number of morpholine rings is 1. The van der Waals surface area contributed by atoms with Crippen molar-refractivity contribution in [3.63, 3.8) is 0 Å². The van der Waals surface area contributed by atoms with Crippen LogP contribution in [0.15, 0.2) is 0 Å². The molecule has 1 aromatic rings. The van der Waals surface area contributed by atoms with Gasteiger partial charge in [0, 0.05) is 24.5 Å². The van der Waals surface area contributed by atoms with Gasteiger partial charge in [-0.2, -0.15) is 4.37 Å². The van der Waals surface area contributed by atoms with Crippen LogP contribution in [0.4, 0.5) is 5.13 Å². The standard InChI is InChI=1S/C10H16N4OS2/c1-2-3-8-12-10(17-13-8)14-4-5-15-7(6-14)9(11)16/h7H,2-6H2,1H3,(H2,11,16). The number of rotatable bonds is 4. The summed E-state index contributed by atoms with van der Waals surface area (Å²) in [5.74, 6) is 0.922. The van der Waals surface area contributed by atoms with Crippen LogP contribution in [0.5, 0.6) is 0 Å². The Hall–Kier alpha value is -0.790. The van der Waals surface area contributed by atoms with Crippen molar-refractivity contribution < 1.29 is 4.74 Å². The minimum absolute atomic E-state index is 0.169. The van der Waals surface area contributed by atoms with Crippen LogP contribution in [0.3, 0.4) is 0 Å². The molecule has 0 aliphatic carbocycles. The number of nitrogens with zero attached hydrogens (tertiary/aromatic N) is 3. The molecule has 1 aromatic heterocycles. The van der Waals surface area contributed by atoms with Crippen LogP contribution in [0.25, 0.3) is 0 Å². The lowest BCUT2D eigenvalue weighted by Crippen LogP contribution is -2.47. The van der Waals surface area contributed by atoms with Gasteiger partial charge in [0.25, 0.3) is 0 Å². The molecule has 0 saturated carbocycles. The first-order valence-electron chi connectivity index (χ1n) is 5.69. The third-order valence-electron chi connectivity index (χ3n) is 2.59. The second-order valence-electron chi connectivity index (χ2n) is 3.95. The van der Waals surface area contributed by atoms with E-state index in [1.165, 1.54) is 11.5 Å². The number of nitrogens with two attached hydrogens (primary N) is 1. The molecule has 0 aromatic carbocycles. The van der Waals surface area contributed by atoms with E-state index in [1.807, 2.05) is 0 Å². The molecule has 7 heteroatoms. The minimum Gasteiger partial charge on any atom is -0.391 e. The molecule has 0 radical (unpaired) electrons. The van der Waals surface area contributed by atoms with Gasteiger partial charge in [-0.3, -0.25) is 0 Å². The average Bonchev–Trinajstić information content (AvgIpc) is 2.78. The van der Waals surface area contributed by atoms with Crippen molar-refractivity contribution in [2.45, 2.75) is 25.9 Å². The minimum atomic E-state index is -0.169. The second-order valence-corrected chi connectivity index (χ2v) is 5.15. The molecule has 2 N–H and O–H groups in total. The lowest BCUT2D eigenvalue weighted by Gasteiger charge is -2.31. The van der Waals surface area contributed by atoms with Crippen LogP contribution < -0.4 is 10.6 Å². The number of thiocarbonyl (C=S) groups is 1. The lowest BCUT2D eigenvalue weighted by atomic mass is 10.3. The van der Waals surface area contributed by atoms with E-state index in [-0.39, 0.29) is 6.10 Å². The van der Waals surface area contributed by atoms with E-state index < -0.39 is 0 Å². The highest BCUT2D eigenvalue weighted by Crippen LogP contribution is 2.20. The maximum Gasteiger partial charge on any atom is 0.205 e. The molecule has 5 nitrogen and oxygen atoms in total. The Labute approximate surface area is 110 Å². The maximum atomic E-state index is 5.61.